The molecule has 0 radical (unpaired) electrons. The summed E-state index contributed by atoms with van der Waals surface area (Å²) in [6.45, 7) is 3.28. The molecular weight excluding hydrogens is 312 g/mol. The molecule has 0 saturated carbocycles. The van der Waals surface area contributed by atoms with Gasteiger partial charge in [-0.1, -0.05) is 0 Å². The van der Waals surface area contributed by atoms with Gasteiger partial charge in [0.05, 0.1) is 19.3 Å². The van der Waals surface area contributed by atoms with E-state index in [-0.39, 0.29) is 24.0 Å². The van der Waals surface area contributed by atoms with Crippen LogP contribution in [0.2, 0.25) is 0 Å². The molecule has 0 aliphatic carbocycles. The monoisotopic (exact) mass is 338 g/mol. The molecule has 0 spiro atoms. The number of methoxy groups -OCH3 is 2. The van der Waals surface area contributed by atoms with Crippen LogP contribution in [0.5, 0.6) is 0 Å². The average molecular weight is 338 g/mol. The Morgan fingerprint density at radius 2 is 2.08 bits per heavy atom. The van der Waals surface area contributed by atoms with Gasteiger partial charge in [-0.25, -0.2) is 9.97 Å². The van der Waals surface area contributed by atoms with Crippen LogP contribution >= 0.6 is 0 Å². The Kier molecular flexibility index (Phi) is 6.47. The van der Waals surface area contributed by atoms with Gasteiger partial charge in [-0.3, -0.25) is 4.79 Å². The molecule has 0 bridgehead atoms. The van der Waals surface area contributed by atoms with Gasteiger partial charge >= 0.3 is 0 Å². The first kappa shape index (κ1) is 18.6. The van der Waals surface area contributed by atoms with Gasteiger partial charge in [0.15, 0.2) is 0 Å². The number of aromatic nitrogens is 2. The number of carbonyl (C=O) groups excluding carboxylic acids is 1. The number of aryl methyl sites for hydroxylation is 1. The molecule has 1 saturated heterocycles. The molecular formula is C16H26N4O4. The van der Waals surface area contributed by atoms with Crippen LogP contribution in [0.1, 0.15) is 16.2 Å². The first-order chi connectivity index (χ1) is 11.5. The van der Waals surface area contributed by atoms with Crippen molar-refractivity contribution >= 4 is 11.9 Å². The maximum absolute atomic E-state index is 12.4. The Morgan fingerprint density at radius 3 is 2.71 bits per heavy atom. The molecule has 1 aromatic rings. The predicted molar refractivity (Wildman–Crippen MR) is 89.3 cm³/mol. The number of amides is 1. The molecule has 1 aliphatic rings. The number of hydrogen-bond acceptors (Lipinski definition) is 7. The quantitative estimate of drug-likeness (QED) is 0.796. The molecule has 3 atom stereocenters. The van der Waals surface area contributed by atoms with E-state index in [1.54, 1.807) is 25.2 Å². The van der Waals surface area contributed by atoms with Gasteiger partial charge in [0, 0.05) is 46.5 Å². The topological polar surface area (TPSA) is 85.8 Å². The third kappa shape index (κ3) is 4.40. The zero-order valence-electron chi connectivity index (χ0n) is 14.9. The summed E-state index contributed by atoms with van der Waals surface area (Å²) in [4.78, 5) is 22.8. The molecule has 1 aliphatic heterocycles. The zero-order valence-corrected chi connectivity index (χ0v) is 14.9. The lowest BCUT2D eigenvalue weighted by Crippen LogP contribution is -2.50. The maximum Gasteiger partial charge on any atom is 0.270 e. The van der Waals surface area contributed by atoms with Gasteiger partial charge < -0.3 is 24.4 Å². The number of rotatable bonds is 6. The second kappa shape index (κ2) is 8.36. The Labute approximate surface area is 142 Å². The van der Waals surface area contributed by atoms with E-state index in [1.807, 2.05) is 21.0 Å². The van der Waals surface area contributed by atoms with Gasteiger partial charge in [-0.15, -0.1) is 0 Å². The van der Waals surface area contributed by atoms with Gasteiger partial charge in [-0.2, -0.15) is 0 Å². The second-order valence-electron chi connectivity index (χ2n) is 6.07. The van der Waals surface area contributed by atoms with Crippen LogP contribution in [0.15, 0.2) is 6.07 Å². The van der Waals surface area contributed by atoms with Crippen LogP contribution in [-0.4, -0.2) is 76.2 Å². The molecule has 2 rings (SSSR count). The molecule has 1 fully saturated rings. The van der Waals surface area contributed by atoms with Crippen molar-refractivity contribution < 1.29 is 19.0 Å². The fourth-order valence-electron chi connectivity index (χ4n) is 2.73. The first-order valence-corrected chi connectivity index (χ1v) is 7.90. The van der Waals surface area contributed by atoms with Crippen molar-refractivity contribution in [3.8, 4) is 0 Å². The van der Waals surface area contributed by atoms with Crippen molar-refractivity contribution in [2.45, 2.75) is 19.1 Å². The maximum atomic E-state index is 12.4. The first-order valence-electron chi connectivity index (χ1n) is 7.90. The third-order valence-electron chi connectivity index (χ3n) is 4.02. The van der Waals surface area contributed by atoms with Crippen LogP contribution in [0.25, 0.3) is 0 Å². The Bertz CT molecular complexity index is 567. The summed E-state index contributed by atoms with van der Waals surface area (Å²) in [5.41, 5.74) is 1.09. The lowest BCUT2D eigenvalue weighted by molar-refractivity contribution is -0.145. The lowest BCUT2D eigenvalue weighted by Gasteiger charge is -2.36. The number of carbonyl (C=O) groups is 1. The molecule has 2 heterocycles. The highest BCUT2D eigenvalue weighted by Gasteiger charge is 2.34. The van der Waals surface area contributed by atoms with E-state index >= 15 is 0 Å². The summed E-state index contributed by atoms with van der Waals surface area (Å²) in [5.74, 6) is 0.294. The normalized spacial score (nSPS) is 23.8. The minimum absolute atomic E-state index is 0.0221. The van der Waals surface area contributed by atoms with Gasteiger partial charge in [-0.05, 0) is 13.0 Å². The summed E-state index contributed by atoms with van der Waals surface area (Å²) in [6, 6.07) is 1.67. The minimum atomic E-state index is -0.238. The van der Waals surface area contributed by atoms with E-state index in [0.717, 1.165) is 5.69 Å². The van der Waals surface area contributed by atoms with Crippen molar-refractivity contribution in [2.75, 3.05) is 53.0 Å². The number of nitrogens with zero attached hydrogens (tertiary/aromatic N) is 3. The van der Waals surface area contributed by atoms with E-state index in [0.29, 0.717) is 31.4 Å². The van der Waals surface area contributed by atoms with Crippen LogP contribution < -0.4 is 10.2 Å². The lowest BCUT2D eigenvalue weighted by atomic mass is 9.96. The molecule has 0 aromatic carbocycles. The molecule has 0 unspecified atom stereocenters. The highest BCUT2D eigenvalue weighted by atomic mass is 16.6. The van der Waals surface area contributed by atoms with Gasteiger partial charge in [0.2, 0.25) is 5.95 Å². The zero-order chi connectivity index (χ0) is 17.7. The largest absolute Gasteiger partial charge is 0.378 e. The molecule has 134 valence electrons. The van der Waals surface area contributed by atoms with Gasteiger partial charge in [0.25, 0.3) is 5.91 Å². The van der Waals surface area contributed by atoms with Gasteiger partial charge in [0.1, 0.15) is 11.8 Å². The third-order valence-corrected chi connectivity index (χ3v) is 4.02. The summed E-state index contributed by atoms with van der Waals surface area (Å²) in [6.07, 6.45) is -0.249. The SMILES string of the molecule is CO[C@H]1[C@H](CNC(=O)c2cc(C)nc(N(C)C)n2)COC[C@H]1OC. The Balaban J connectivity index is 2.02. The smallest absolute Gasteiger partial charge is 0.270 e. The average Bonchev–Trinajstić information content (AvgIpc) is 2.58. The predicted octanol–water partition coefficient (Wildman–Crippen LogP) is 0.257. The number of hydrogen-bond donors (Lipinski definition) is 1. The highest BCUT2D eigenvalue weighted by Crippen LogP contribution is 2.20. The van der Waals surface area contributed by atoms with Crippen molar-refractivity contribution in [1.29, 1.82) is 0 Å². The van der Waals surface area contributed by atoms with Crippen molar-refractivity contribution in [3.05, 3.63) is 17.5 Å². The number of nitrogens with one attached hydrogen (secondary N) is 1. The number of anilines is 1. The Hall–Kier alpha value is -1.77. The number of ether oxygens (including phenoxy) is 3. The van der Waals surface area contributed by atoms with Crippen LogP contribution in [-0.2, 0) is 14.2 Å². The Morgan fingerprint density at radius 1 is 1.33 bits per heavy atom. The molecule has 8 heteroatoms. The van der Waals surface area contributed by atoms with E-state index in [4.69, 9.17) is 14.2 Å². The molecule has 8 nitrogen and oxygen atoms in total. The molecule has 1 aromatic heterocycles. The summed E-state index contributed by atoms with van der Waals surface area (Å²) in [7, 11) is 6.95. The van der Waals surface area contributed by atoms with E-state index in [2.05, 4.69) is 15.3 Å². The van der Waals surface area contributed by atoms with Crippen molar-refractivity contribution in [2.24, 2.45) is 5.92 Å². The summed E-state index contributed by atoms with van der Waals surface area (Å²) < 4.78 is 16.4. The fourth-order valence-corrected chi connectivity index (χ4v) is 2.73. The van der Waals surface area contributed by atoms with E-state index < -0.39 is 0 Å². The molecule has 24 heavy (non-hydrogen) atoms. The second-order valence-corrected chi connectivity index (χ2v) is 6.07. The highest BCUT2D eigenvalue weighted by molar-refractivity contribution is 5.92. The standard InChI is InChI=1S/C16H26N4O4/c1-10-6-12(19-16(18-10)20(2)3)15(21)17-7-11-8-24-9-13(22-4)14(11)23-5/h6,11,13-14H,7-9H2,1-5H3,(H,17,21)/t11-,13-,14+/m1/s1. The van der Waals surface area contributed by atoms with Crippen molar-refractivity contribution in [3.63, 3.8) is 0 Å². The fraction of sp³-hybridized carbons (Fsp3) is 0.688. The molecule has 1 N–H and O–H groups in total. The minimum Gasteiger partial charge on any atom is -0.378 e. The van der Waals surface area contributed by atoms with Crippen LogP contribution in [0.4, 0.5) is 5.95 Å². The van der Waals surface area contributed by atoms with E-state index in [9.17, 15) is 4.79 Å². The van der Waals surface area contributed by atoms with Crippen LogP contribution in [0, 0.1) is 12.8 Å². The van der Waals surface area contributed by atoms with E-state index in [1.165, 1.54) is 0 Å². The molecule has 1 amide bonds. The summed E-state index contributed by atoms with van der Waals surface area (Å²) in [5, 5.41) is 2.91. The summed E-state index contributed by atoms with van der Waals surface area (Å²) >= 11 is 0. The van der Waals surface area contributed by atoms with Crippen molar-refractivity contribution in [1.82, 2.24) is 15.3 Å². The van der Waals surface area contributed by atoms with Crippen LogP contribution in [0.3, 0.4) is 0 Å².